The summed E-state index contributed by atoms with van der Waals surface area (Å²) in [5.74, 6) is 0.880. The molecule has 1 aromatic carbocycles. The van der Waals surface area contributed by atoms with E-state index >= 15 is 0 Å². The van der Waals surface area contributed by atoms with Gasteiger partial charge < -0.3 is 15.0 Å². The van der Waals surface area contributed by atoms with Gasteiger partial charge in [-0.05, 0) is 43.1 Å². The number of esters is 1. The highest BCUT2D eigenvalue weighted by Crippen LogP contribution is 2.23. The highest BCUT2D eigenvalue weighted by Gasteiger charge is 2.27. The maximum absolute atomic E-state index is 11.7. The normalized spacial score (nSPS) is 16.3. The third kappa shape index (κ3) is 6.89. The fourth-order valence-electron chi connectivity index (χ4n) is 3.65. The molecule has 0 aliphatic carbocycles. The minimum Gasteiger partial charge on any atom is -0.469 e. The monoisotopic (exact) mass is 373 g/mol. The van der Waals surface area contributed by atoms with Gasteiger partial charge in [0.15, 0.2) is 5.96 Å². The van der Waals surface area contributed by atoms with E-state index < -0.39 is 0 Å². The Bertz CT molecular complexity index is 605. The van der Waals surface area contributed by atoms with Crippen LogP contribution in [0.2, 0.25) is 0 Å². The van der Waals surface area contributed by atoms with Crippen molar-refractivity contribution in [2.75, 3.05) is 33.8 Å². The van der Waals surface area contributed by atoms with Crippen molar-refractivity contribution in [3.63, 3.8) is 0 Å². The minimum absolute atomic E-state index is 0.0267. The van der Waals surface area contributed by atoms with Gasteiger partial charge in [0.05, 0.1) is 13.0 Å². The molecule has 5 nitrogen and oxygen atoms in total. The standard InChI is InChI=1S/C22H35N3O2/c1-22(2,14-8-11-18-9-6-5-7-10-18)17-24-21(23-3)25-15-12-19(13-16-25)20(26)27-4/h5-7,9-10,19H,8,11-17H2,1-4H3,(H,23,24). The van der Waals surface area contributed by atoms with Crippen molar-refractivity contribution in [3.8, 4) is 0 Å². The summed E-state index contributed by atoms with van der Waals surface area (Å²) < 4.78 is 4.87. The molecule has 1 aromatic rings. The molecule has 0 amide bonds. The highest BCUT2D eigenvalue weighted by molar-refractivity contribution is 5.80. The van der Waals surface area contributed by atoms with Crippen LogP contribution in [0.5, 0.6) is 0 Å². The van der Waals surface area contributed by atoms with Gasteiger partial charge >= 0.3 is 5.97 Å². The number of methoxy groups -OCH3 is 1. The summed E-state index contributed by atoms with van der Waals surface area (Å²) >= 11 is 0. The smallest absolute Gasteiger partial charge is 0.308 e. The van der Waals surface area contributed by atoms with E-state index in [0.717, 1.165) is 51.3 Å². The van der Waals surface area contributed by atoms with E-state index in [1.54, 1.807) is 0 Å². The fraction of sp³-hybridized carbons (Fsp3) is 0.636. The zero-order chi connectivity index (χ0) is 19.7. The second-order valence-electron chi connectivity index (χ2n) is 8.19. The van der Waals surface area contributed by atoms with Gasteiger partial charge in [-0.1, -0.05) is 44.2 Å². The number of ether oxygens (including phenoxy) is 1. The summed E-state index contributed by atoms with van der Waals surface area (Å²) in [6.45, 7) is 7.19. The average Bonchev–Trinajstić information content (AvgIpc) is 2.69. The van der Waals surface area contributed by atoms with Gasteiger partial charge in [-0.3, -0.25) is 9.79 Å². The lowest BCUT2D eigenvalue weighted by Crippen LogP contribution is -2.48. The number of aliphatic imine (C=N–C) groups is 1. The summed E-state index contributed by atoms with van der Waals surface area (Å²) in [5, 5.41) is 3.55. The molecule has 1 saturated heterocycles. The molecule has 1 N–H and O–H groups in total. The van der Waals surface area contributed by atoms with E-state index in [1.165, 1.54) is 19.1 Å². The van der Waals surface area contributed by atoms with Gasteiger partial charge in [-0.2, -0.15) is 0 Å². The predicted octanol–water partition coefficient (Wildman–Crippen LogP) is 3.50. The number of nitrogens with one attached hydrogen (secondary N) is 1. The number of guanidine groups is 1. The number of hydrogen-bond donors (Lipinski definition) is 1. The molecule has 0 unspecified atom stereocenters. The highest BCUT2D eigenvalue weighted by atomic mass is 16.5. The molecular formula is C22H35N3O2. The first-order chi connectivity index (χ1) is 12.9. The molecule has 0 atom stereocenters. The Balaban J connectivity index is 1.75. The molecule has 1 fully saturated rings. The minimum atomic E-state index is -0.0860. The second-order valence-corrected chi connectivity index (χ2v) is 8.19. The van der Waals surface area contributed by atoms with Gasteiger partial charge in [-0.25, -0.2) is 0 Å². The van der Waals surface area contributed by atoms with E-state index in [2.05, 4.69) is 59.4 Å². The van der Waals surface area contributed by atoms with E-state index in [4.69, 9.17) is 4.74 Å². The lowest BCUT2D eigenvalue weighted by Gasteiger charge is -2.35. The molecule has 27 heavy (non-hydrogen) atoms. The average molecular weight is 374 g/mol. The third-order valence-corrected chi connectivity index (χ3v) is 5.43. The van der Waals surface area contributed by atoms with Crippen LogP contribution in [0.15, 0.2) is 35.3 Å². The van der Waals surface area contributed by atoms with Crippen molar-refractivity contribution in [1.29, 1.82) is 0 Å². The number of benzene rings is 1. The van der Waals surface area contributed by atoms with Gasteiger partial charge in [0.1, 0.15) is 0 Å². The Hall–Kier alpha value is -2.04. The molecule has 0 radical (unpaired) electrons. The first-order valence-electron chi connectivity index (χ1n) is 10.0. The molecule has 1 heterocycles. The molecule has 150 valence electrons. The van der Waals surface area contributed by atoms with Crippen LogP contribution >= 0.6 is 0 Å². The summed E-state index contributed by atoms with van der Waals surface area (Å²) in [6.07, 6.45) is 5.12. The lowest BCUT2D eigenvalue weighted by atomic mass is 9.86. The first kappa shape index (κ1) is 21.3. The predicted molar refractivity (Wildman–Crippen MR) is 111 cm³/mol. The van der Waals surface area contributed by atoms with Crippen LogP contribution < -0.4 is 5.32 Å². The Morgan fingerprint density at radius 2 is 1.93 bits per heavy atom. The number of aryl methyl sites for hydroxylation is 1. The molecule has 5 heteroatoms. The topological polar surface area (TPSA) is 53.9 Å². The van der Waals surface area contributed by atoms with Gasteiger partial charge in [0.2, 0.25) is 0 Å². The van der Waals surface area contributed by atoms with E-state index in [-0.39, 0.29) is 17.3 Å². The van der Waals surface area contributed by atoms with Crippen molar-refractivity contribution in [3.05, 3.63) is 35.9 Å². The Morgan fingerprint density at radius 1 is 1.26 bits per heavy atom. The van der Waals surface area contributed by atoms with Crippen LogP contribution in [0.4, 0.5) is 0 Å². The summed E-state index contributed by atoms with van der Waals surface area (Å²) in [5.41, 5.74) is 1.61. The molecule has 2 rings (SSSR count). The number of carbonyl (C=O) groups is 1. The van der Waals surface area contributed by atoms with Gasteiger partial charge in [0, 0.05) is 26.7 Å². The van der Waals surface area contributed by atoms with Crippen molar-refractivity contribution < 1.29 is 9.53 Å². The number of likely N-dealkylation sites (tertiary alicyclic amines) is 1. The molecule has 0 aromatic heterocycles. The first-order valence-corrected chi connectivity index (χ1v) is 10.0. The van der Waals surface area contributed by atoms with Crippen LogP contribution in [-0.4, -0.2) is 50.6 Å². The number of nitrogens with zero attached hydrogens (tertiary/aromatic N) is 2. The zero-order valence-electron chi connectivity index (χ0n) is 17.3. The molecular weight excluding hydrogens is 338 g/mol. The lowest BCUT2D eigenvalue weighted by molar-refractivity contribution is -0.146. The summed E-state index contributed by atoms with van der Waals surface area (Å²) in [4.78, 5) is 18.4. The number of carbonyl (C=O) groups excluding carboxylic acids is 1. The van der Waals surface area contributed by atoms with Crippen LogP contribution in [0.3, 0.4) is 0 Å². The van der Waals surface area contributed by atoms with E-state index in [9.17, 15) is 4.79 Å². The Kier molecular flexibility index (Phi) is 8.14. The number of piperidine rings is 1. The van der Waals surface area contributed by atoms with Crippen LogP contribution in [-0.2, 0) is 16.0 Å². The number of rotatable bonds is 7. The Morgan fingerprint density at radius 3 is 2.52 bits per heavy atom. The molecule has 1 aliphatic rings. The molecule has 1 aliphatic heterocycles. The Labute approximate surface area is 164 Å². The van der Waals surface area contributed by atoms with Crippen molar-refractivity contribution in [1.82, 2.24) is 10.2 Å². The van der Waals surface area contributed by atoms with Crippen molar-refractivity contribution in [2.24, 2.45) is 16.3 Å². The number of hydrogen-bond acceptors (Lipinski definition) is 3. The van der Waals surface area contributed by atoms with Gasteiger partial charge in [0.25, 0.3) is 0 Å². The zero-order valence-corrected chi connectivity index (χ0v) is 17.3. The van der Waals surface area contributed by atoms with Crippen LogP contribution in [0.1, 0.15) is 45.1 Å². The molecule has 0 spiro atoms. The maximum atomic E-state index is 11.7. The SMILES string of the molecule is CN=C(NCC(C)(C)CCCc1ccccc1)N1CCC(C(=O)OC)CC1. The fourth-order valence-corrected chi connectivity index (χ4v) is 3.65. The maximum Gasteiger partial charge on any atom is 0.308 e. The largest absolute Gasteiger partial charge is 0.469 e. The van der Waals surface area contributed by atoms with Crippen LogP contribution in [0, 0.1) is 11.3 Å². The molecule has 0 bridgehead atoms. The second kappa shape index (κ2) is 10.3. The van der Waals surface area contributed by atoms with Crippen molar-refractivity contribution >= 4 is 11.9 Å². The van der Waals surface area contributed by atoms with E-state index in [0.29, 0.717) is 0 Å². The summed E-state index contributed by atoms with van der Waals surface area (Å²) in [7, 11) is 3.30. The third-order valence-electron chi connectivity index (χ3n) is 5.43. The van der Waals surface area contributed by atoms with Crippen molar-refractivity contribution in [2.45, 2.75) is 46.0 Å². The summed E-state index contributed by atoms with van der Waals surface area (Å²) in [6, 6.07) is 10.7. The molecule has 0 saturated carbocycles. The van der Waals surface area contributed by atoms with E-state index in [1.807, 2.05) is 7.05 Å². The van der Waals surface area contributed by atoms with Crippen LogP contribution in [0.25, 0.3) is 0 Å². The van der Waals surface area contributed by atoms with Gasteiger partial charge in [-0.15, -0.1) is 0 Å². The quantitative estimate of drug-likeness (QED) is 0.452.